The van der Waals surface area contributed by atoms with Crippen molar-refractivity contribution >= 4 is 11.8 Å². The predicted molar refractivity (Wildman–Crippen MR) is 110 cm³/mol. The van der Waals surface area contributed by atoms with Gasteiger partial charge in [0.15, 0.2) is 0 Å². The number of hydrogen-bond donors (Lipinski definition) is 0. The SMILES string of the molecule is CCN(C(C)=O)[C@@H]1CCO[C@H](c2ccc(CN(C)C(=O)c3ccnn3C)cc2)C1. The van der Waals surface area contributed by atoms with E-state index in [2.05, 4.69) is 17.2 Å². The maximum absolute atomic E-state index is 12.5. The van der Waals surface area contributed by atoms with Crippen molar-refractivity contribution in [1.82, 2.24) is 19.6 Å². The molecule has 7 nitrogen and oxygen atoms in total. The Morgan fingerprint density at radius 2 is 1.97 bits per heavy atom. The largest absolute Gasteiger partial charge is 0.373 e. The summed E-state index contributed by atoms with van der Waals surface area (Å²) in [5.74, 6) is 0.0612. The second-order valence-electron chi connectivity index (χ2n) is 7.59. The smallest absolute Gasteiger partial charge is 0.272 e. The van der Waals surface area contributed by atoms with Gasteiger partial charge in [0.25, 0.3) is 5.91 Å². The third-order valence-corrected chi connectivity index (χ3v) is 5.60. The molecule has 0 bridgehead atoms. The average molecular weight is 399 g/mol. The fourth-order valence-corrected chi connectivity index (χ4v) is 4.00. The number of aryl methyl sites for hydroxylation is 1. The fraction of sp³-hybridized carbons (Fsp3) is 0.500. The molecular formula is C22H30N4O3. The van der Waals surface area contributed by atoms with E-state index in [-0.39, 0.29) is 24.0 Å². The van der Waals surface area contributed by atoms with Crippen LogP contribution >= 0.6 is 0 Å². The van der Waals surface area contributed by atoms with Crippen LogP contribution in [-0.4, -0.2) is 57.6 Å². The van der Waals surface area contributed by atoms with Crippen LogP contribution in [0.15, 0.2) is 36.5 Å². The maximum Gasteiger partial charge on any atom is 0.272 e. The van der Waals surface area contributed by atoms with Crippen LogP contribution in [0.3, 0.4) is 0 Å². The molecule has 0 unspecified atom stereocenters. The number of carbonyl (C=O) groups is 2. The summed E-state index contributed by atoms with van der Waals surface area (Å²) < 4.78 is 7.56. The Kier molecular flexibility index (Phi) is 6.69. The molecule has 3 rings (SSSR count). The average Bonchev–Trinajstić information content (AvgIpc) is 3.14. The fourth-order valence-electron chi connectivity index (χ4n) is 4.00. The van der Waals surface area contributed by atoms with Crippen LogP contribution in [0.4, 0.5) is 0 Å². The topological polar surface area (TPSA) is 67.7 Å². The molecule has 0 spiro atoms. The first kappa shape index (κ1) is 21.0. The van der Waals surface area contributed by atoms with Gasteiger partial charge in [-0.05, 0) is 37.0 Å². The number of hydrogen-bond acceptors (Lipinski definition) is 4. The van der Waals surface area contributed by atoms with Crippen molar-refractivity contribution in [3.63, 3.8) is 0 Å². The van der Waals surface area contributed by atoms with Gasteiger partial charge < -0.3 is 14.5 Å². The van der Waals surface area contributed by atoms with Crippen LogP contribution in [0, 0.1) is 0 Å². The van der Waals surface area contributed by atoms with Crippen LogP contribution in [0.25, 0.3) is 0 Å². The number of aromatic nitrogens is 2. The molecule has 1 aromatic carbocycles. The first-order valence-corrected chi connectivity index (χ1v) is 10.1. The summed E-state index contributed by atoms with van der Waals surface area (Å²) in [7, 11) is 3.55. The second kappa shape index (κ2) is 9.22. The van der Waals surface area contributed by atoms with Crippen molar-refractivity contribution in [2.24, 2.45) is 7.05 Å². The molecule has 0 N–H and O–H groups in total. The molecule has 29 heavy (non-hydrogen) atoms. The molecule has 1 fully saturated rings. The van der Waals surface area contributed by atoms with Gasteiger partial charge in [0.05, 0.1) is 6.10 Å². The Morgan fingerprint density at radius 3 is 2.55 bits per heavy atom. The molecule has 0 radical (unpaired) electrons. The first-order chi connectivity index (χ1) is 13.9. The summed E-state index contributed by atoms with van der Waals surface area (Å²) in [4.78, 5) is 28.0. The molecule has 2 atom stereocenters. The van der Waals surface area contributed by atoms with E-state index in [0.29, 0.717) is 18.8 Å². The molecule has 0 aliphatic carbocycles. The highest BCUT2D eigenvalue weighted by atomic mass is 16.5. The standard InChI is InChI=1S/C22H30N4O3/c1-5-26(16(2)27)19-11-13-29-21(14-19)18-8-6-17(7-9-18)15-24(3)22(28)20-10-12-23-25(20)4/h6-10,12,19,21H,5,11,13-15H2,1-4H3/t19-,21+/m1/s1. The number of benzene rings is 1. The summed E-state index contributed by atoms with van der Waals surface area (Å²) in [5, 5.41) is 4.06. The zero-order valence-electron chi connectivity index (χ0n) is 17.7. The quantitative estimate of drug-likeness (QED) is 0.750. The minimum atomic E-state index is -0.0589. The van der Waals surface area contributed by atoms with E-state index in [4.69, 9.17) is 4.74 Å². The molecule has 1 aromatic heterocycles. The lowest BCUT2D eigenvalue weighted by Crippen LogP contribution is -2.42. The van der Waals surface area contributed by atoms with Gasteiger partial charge in [-0.25, -0.2) is 0 Å². The number of nitrogens with zero attached hydrogens (tertiary/aromatic N) is 4. The second-order valence-corrected chi connectivity index (χ2v) is 7.59. The molecule has 1 saturated heterocycles. The lowest BCUT2D eigenvalue weighted by Gasteiger charge is -2.36. The van der Waals surface area contributed by atoms with Gasteiger partial charge in [-0.15, -0.1) is 0 Å². The third-order valence-electron chi connectivity index (χ3n) is 5.60. The van der Waals surface area contributed by atoms with Crippen LogP contribution in [0.5, 0.6) is 0 Å². The lowest BCUT2D eigenvalue weighted by molar-refractivity contribution is -0.134. The maximum atomic E-state index is 12.5. The zero-order valence-corrected chi connectivity index (χ0v) is 17.7. The normalized spacial score (nSPS) is 19.0. The van der Waals surface area contributed by atoms with Gasteiger partial charge >= 0.3 is 0 Å². The first-order valence-electron chi connectivity index (χ1n) is 10.1. The Labute approximate surface area is 172 Å². The van der Waals surface area contributed by atoms with E-state index < -0.39 is 0 Å². The van der Waals surface area contributed by atoms with Gasteiger partial charge in [0.1, 0.15) is 5.69 Å². The minimum Gasteiger partial charge on any atom is -0.373 e. The molecule has 2 aromatic rings. The molecule has 2 heterocycles. The summed E-state index contributed by atoms with van der Waals surface area (Å²) in [6.07, 6.45) is 3.30. The number of rotatable bonds is 6. The Balaban J connectivity index is 1.63. The lowest BCUT2D eigenvalue weighted by atomic mass is 9.95. The number of ether oxygens (including phenoxy) is 1. The van der Waals surface area contributed by atoms with Crippen LogP contribution < -0.4 is 0 Å². The Morgan fingerprint density at radius 1 is 1.24 bits per heavy atom. The summed E-state index contributed by atoms with van der Waals surface area (Å²) in [6.45, 7) is 5.55. The molecule has 0 saturated carbocycles. The number of carbonyl (C=O) groups excluding carboxylic acids is 2. The third kappa shape index (κ3) is 4.85. The van der Waals surface area contributed by atoms with E-state index in [1.54, 1.807) is 42.9 Å². The highest BCUT2D eigenvalue weighted by Gasteiger charge is 2.29. The molecule has 2 amide bonds. The molecule has 1 aliphatic rings. The van der Waals surface area contributed by atoms with Gasteiger partial charge in [-0.3, -0.25) is 14.3 Å². The van der Waals surface area contributed by atoms with Crippen LogP contribution in [0.2, 0.25) is 0 Å². The molecule has 7 heteroatoms. The summed E-state index contributed by atoms with van der Waals surface area (Å²) in [6, 6.07) is 10.2. The van der Waals surface area contributed by atoms with Crippen LogP contribution in [-0.2, 0) is 23.1 Å². The van der Waals surface area contributed by atoms with Crippen molar-refractivity contribution in [3.8, 4) is 0 Å². The highest BCUT2D eigenvalue weighted by Crippen LogP contribution is 2.31. The molecule has 156 valence electrons. The Bertz CT molecular complexity index is 846. The van der Waals surface area contributed by atoms with E-state index in [9.17, 15) is 9.59 Å². The van der Waals surface area contributed by atoms with Crippen molar-refractivity contribution < 1.29 is 14.3 Å². The summed E-state index contributed by atoms with van der Waals surface area (Å²) in [5.41, 5.74) is 2.73. The van der Waals surface area contributed by atoms with Crippen molar-refractivity contribution in [1.29, 1.82) is 0 Å². The zero-order chi connectivity index (χ0) is 21.0. The van der Waals surface area contributed by atoms with Crippen molar-refractivity contribution in [2.75, 3.05) is 20.2 Å². The summed E-state index contributed by atoms with van der Waals surface area (Å²) >= 11 is 0. The number of amides is 2. The van der Waals surface area contributed by atoms with Gasteiger partial charge in [0, 0.05) is 53.0 Å². The highest BCUT2D eigenvalue weighted by molar-refractivity contribution is 5.92. The van der Waals surface area contributed by atoms with E-state index >= 15 is 0 Å². The minimum absolute atomic E-state index is 0.00926. The molecular weight excluding hydrogens is 368 g/mol. The predicted octanol–water partition coefficient (Wildman–Crippen LogP) is 2.78. The van der Waals surface area contributed by atoms with E-state index in [1.807, 2.05) is 24.0 Å². The van der Waals surface area contributed by atoms with E-state index in [0.717, 1.165) is 30.5 Å². The van der Waals surface area contributed by atoms with Crippen molar-refractivity contribution in [3.05, 3.63) is 53.3 Å². The van der Waals surface area contributed by atoms with Crippen molar-refractivity contribution in [2.45, 2.75) is 45.4 Å². The monoisotopic (exact) mass is 398 g/mol. The van der Waals surface area contributed by atoms with E-state index in [1.165, 1.54) is 0 Å². The van der Waals surface area contributed by atoms with Gasteiger partial charge in [0.2, 0.25) is 5.91 Å². The van der Waals surface area contributed by atoms with Gasteiger partial charge in [-0.2, -0.15) is 5.10 Å². The van der Waals surface area contributed by atoms with Crippen LogP contribution in [0.1, 0.15) is 54.4 Å². The molecule has 1 aliphatic heterocycles. The van der Waals surface area contributed by atoms with Gasteiger partial charge in [-0.1, -0.05) is 24.3 Å². The Hall–Kier alpha value is -2.67.